The molecule has 1 rings (SSSR count). The number of nitrogens with two attached hydrogens (primary N) is 1. The molecule has 0 aromatic carbocycles. The van der Waals surface area contributed by atoms with Crippen molar-refractivity contribution in [3.63, 3.8) is 0 Å². The number of hydrogen-bond donors (Lipinski definition) is 1. The van der Waals surface area contributed by atoms with Crippen LogP contribution in [0, 0.1) is 5.41 Å². The van der Waals surface area contributed by atoms with Gasteiger partial charge in [0.05, 0.1) is 5.41 Å². The third-order valence-corrected chi connectivity index (χ3v) is 3.17. The van der Waals surface area contributed by atoms with E-state index in [0.717, 1.165) is 25.9 Å². The van der Waals surface area contributed by atoms with E-state index in [4.69, 9.17) is 10.5 Å². The molecule has 0 bridgehead atoms. The second-order valence-corrected chi connectivity index (χ2v) is 5.79. The Morgan fingerprint density at radius 1 is 1.38 bits per heavy atom. The normalized spacial score (nSPS) is 21.8. The Kier molecular flexibility index (Phi) is 3.97. The number of esters is 1. The molecule has 2 N–H and O–H groups in total. The van der Waals surface area contributed by atoms with E-state index in [9.17, 15) is 4.79 Å². The van der Waals surface area contributed by atoms with Crippen LogP contribution in [0.5, 0.6) is 0 Å². The van der Waals surface area contributed by atoms with Crippen LogP contribution in [0.3, 0.4) is 0 Å². The molecule has 4 nitrogen and oxygen atoms in total. The lowest BCUT2D eigenvalue weighted by Crippen LogP contribution is -2.49. The number of nitrogens with zero attached hydrogens (tertiary/aromatic N) is 1. The summed E-state index contributed by atoms with van der Waals surface area (Å²) in [6.45, 7) is 7.89. The van der Waals surface area contributed by atoms with Gasteiger partial charge in [0, 0.05) is 6.54 Å². The molecule has 94 valence electrons. The third kappa shape index (κ3) is 3.19. The predicted octanol–water partition coefficient (Wildman–Crippen LogP) is 0.999. The van der Waals surface area contributed by atoms with Gasteiger partial charge < -0.3 is 15.4 Å². The zero-order valence-corrected chi connectivity index (χ0v) is 10.9. The van der Waals surface area contributed by atoms with Gasteiger partial charge in [-0.2, -0.15) is 0 Å². The summed E-state index contributed by atoms with van der Waals surface area (Å²) < 4.78 is 5.47. The molecule has 0 saturated carbocycles. The molecular weight excluding hydrogens is 204 g/mol. The van der Waals surface area contributed by atoms with Crippen molar-refractivity contribution in [2.75, 3.05) is 26.7 Å². The number of rotatable bonds is 2. The Morgan fingerprint density at radius 2 is 1.88 bits per heavy atom. The molecule has 0 aromatic heterocycles. The summed E-state index contributed by atoms with van der Waals surface area (Å²) >= 11 is 0. The minimum Gasteiger partial charge on any atom is -0.460 e. The molecule has 0 spiro atoms. The fourth-order valence-corrected chi connectivity index (χ4v) is 1.92. The highest BCUT2D eigenvalue weighted by molar-refractivity contribution is 5.77. The molecule has 0 atom stereocenters. The maximum Gasteiger partial charge on any atom is 0.313 e. The summed E-state index contributed by atoms with van der Waals surface area (Å²) in [5, 5.41) is 0. The molecule has 16 heavy (non-hydrogen) atoms. The number of likely N-dealkylation sites (tertiary alicyclic amines) is 1. The molecule has 1 aliphatic rings. The summed E-state index contributed by atoms with van der Waals surface area (Å²) in [5.41, 5.74) is 4.90. The standard InChI is InChI=1S/C12H24N2O2/c1-11(2,3)16-10(15)12(9-13)5-7-14(4)8-6-12/h5-9,13H2,1-4H3. The molecule has 1 saturated heterocycles. The zero-order valence-electron chi connectivity index (χ0n) is 10.9. The molecular formula is C12H24N2O2. The highest BCUT2D eigenvalue weighted by Crippen LogP contribution is 2.32. The van der Waals surface area contributed by atoms with Gasteiger partial charge in [-0.3, -0.25) is 4.79 Å². The maximum absolute atomic E-state index is 12.2. The van der Waals surface area contributed by atoms with E-state index in [1.807, 2.05) is 20.8 Å². The maximum atomic E-state index is 12.2. The zero-order chi connectivity index (χ0) is 12.4. The van der Waals surface area contributed by atoms with Gasteiger partial charge in [0.25, 0.3) is 0 Å². The Labute approximate surface area is 98.1 Å². The quantitative estimate of drug-likeness (QED) is 0.716. The van der Waals surface area contributed by atoms with Crippen LogP contribution >= 0.6 is 0 Å². The van der Waals surface area contributed by atoms with Gasteiger partial charge in [-0.05, 0) is 53.8 Å². The summed E-state index contributed by atoms with van der Waals surface area (Å²) in [7, 11) is 2.07. The Balaban J connectivity index is 2.69. The van der Waals surface area contributed by atoms with Crippen molar-refractivity contribution < 1.29 is 9.53 Å². The van der Waals surface area contributed by atoms with Crippen molar-refractivity contribution in [1.29, 1.82) is 0 Å². The Hall–Kier alpha value is -0.610. The van der Waals surface area contributed by atoms with Gasteiger partial charge >= 0.3 is 5.97 Å². The van der Waals surface area contributed by atoms with Gasteiger partial charge in [0.2, 0.25) is 0 Å². The molecule has 1 fully saturated rings. The SMILES string of the molecule is CN1CCC(CN)(C(=O)OC(C)(C)C)CC1. The van der Waals surface area contributed by atoms with Crippen LogP contribution in [0.2, 0.25) is 0 Å². The molecule has 1 heterocycles. The van der Waals surface area contributed by atoms with E-state index in [2.05, 4.69) is 11.9 Å². The third-order valence-electron chi connectivity index (χ3n) is 3.17. The van der Waals surface area contributed by atoms with Crippen LogP contribution in [-0.4, -0.2) is 43.2 Å². The predicted molar refractivity (Wildman–Crippen MR) is 64.1 cm³/mol. The first-order valence-corrected chi connectivity index (χ1v) is 5.91. The molecule has 0 unspecified atom stereocenters. The van der Waals surface area contributed by atoms with Crippen LogP contribution in [0.25, 0.3) is 0 Å². The number of carbonyl (C=O) groups excluding carboxylic acids is 1. The van der Waals surface area contributed by atoms with Crippen molar-refractivity contribution in [3.05, 3.63) is 0 Å². The van der Waals surface area contributed by atoms with Gasteiger partial charge in [0.15, 0.2) is 0 Å². The average molecular weight is 228 g/mol. The lowest BCUT2D eigenvalue weighted by molar-refractivity contribution is -0.169. The fraction of sp³-hybridized carbons (Fsp3) is 0.917. The van der Waals surface area contributed by atoms with E-state index < -0.39 is 11.0 Å². The minimum absolute atomic E-state index is 0.129. The lowest BCUT2D eigenvalue weighted by Gasteiger charge is -2.39. The minimum atomic E-state index is -0.459. The van der Waals surface area contributed by atoms with Gasteiger partial charge in [0.1, 0.15) is 5.60 Å². The highest BCUT2D eigenvalue weighted by atomic mass is 16.6. The van der Waals surface area contributed by atoms with Crippen LogP contribution in [0.1, 0.15) is 33.6 Å². The second kappa shape index (κ2) is 4.72. The van der Waals surface area contributed by atoms with Gasteiger partial charge in [-0.1, -0.05) is 0 Å². The van der Waals surface area contributed by atoms with Gasteiger partial charge in [-0.15, -0.1) is 0 Å². The molecule has 0 aromatic rings. The van der Waals surface area contributed by atoms with Gasteiger partial charge in [-0.25, -0.2) is 0 Å². The molecule has 0 aliphatic carbocycles. The molecule has 1 aliphatic heterocycles. The van der Waals surface area contributed by atoms with Crippen LogP contribution < -0.4 is 5.73 Å². The highest BCUT2D eigenvalue weighted by Gasteiger charge is 2.42. The first-order chi connectivity index (χ1) is 7.29. The second-order valence-electron chi connectivity index (χ2n) is 5.79. The van der Waals surface area contributed by atoms with Crippen molar-refractivity contribution >= 4 is 5.97 Å². The molecule has 4 heteroatoms. The van der Waals surface area contributed by atoms with Crippen LogP contribution in [0.4, 0.5) is 0 Å². The molecule has 0 amide bonds. The van der Waals surface area contributed by atoms with E-state index in [1.54, 1.807) is 0 Å². The number of carbonyl (C=O) groups is 1. The van der Waals surface area contributed by atoms with Crippen LogP contribution in [0.15, 0.2) is 0 Å². The van der Waals surface area contributed by atoms with E-state index in [1.165, 1.54) is 0 Å². The van der Waals surface area contributed by atoms with Crippen molar-refractivity contribution in [1.82, 2.24) is 4.90 Å². The summed E-state index contributed by atoms with van der Waals surface area (Å²) in [4.78, 5) is 14.4. The summed E-state index contributed by atoms with van der Waals surface area (Å²) in [6, 6.07) is 0. The van der Waals surface area contributed by atoms with Crippen LogP contribution in [-0.2, 0) is 9.53 Å². The largest absolute Gasteiger partial charge is 0.460 e. The first kappa shape index (κ1) is 13.5. The number of ether oxygens (including phenoxy) is 1. The Morgan fingerprint density at radius 3 is 2.25 bits per heavy atom. The van der Waals surface area contributed by atoms with E-state index >= 15 is 0 Å². The fourth-order valence-electron chi connectivity index (χ4n) is 1.92. The lowest BCUT2D eigenvalue weighted by atomic mass is 9.78. The smallest absolute Gasteiger partial charge is 0.313 e. The monoisotopic (exact) mass is 228 g/mol. The summed E-state index contributed by atoms with van der Waals surface area (Å²) in [5.74, 6) is -0.129. The van der Waals surface area contributed by atoms with Crippen molar-refractivity contribution in [2.45, 2.75) is 39.2 Å². The number of hydrogen-bond acceptors (Lipinski definition) is 4. The van der Waals surface area contributed by atoms with Crippen molar-refractivity contribution in [3.8, 4) is 0 Å². The molecule has 0 radical (unpaired) electrons. The van der Waals surface area contributed by atoms with E-state index in [0.29, 0.717) is 6.54 Å². The number of piperidine rings is 1. The summed E-state index contributed by atoms with van der Waals surface area (Å²) in [6.07, 6.45) is 1.60. The Bertz CT molecular complexity index is 250. The van der Waals surface area contributed by atoms with E-state index in [-0.39, 0.29) is 5.97 Å². The first-order valence-electron chi connectivity index (χ1n) is 5.91. The van der Waals surface area contributed by atoms with Crippen molar-refractivity contribution in [2.24, 2.45) is 11.1 Å². The topological polar surface area (TPSA) is 55.6 Å². The average Bonchev–Trinajstić information content (AvgIpc) is 2.17.